The number of halogens is 2. The SMILES string of the molecule is Cn1nccc1Nc1nccc(-c2cnc3c(c2)CCN3C(=O)Cc2cc(F)ccc2Cl)n1. The third-order valence-corrected chi connectivity index (χ3v) is 5.83. The topological polar surface area (TPSA) is 88.8 Å². The fraction of sp³-hybridized carbons (Fsp3) is 0.174. The highest BCUT2D eigenvalue weighted by Crippen LogP contribution is 2.30. The highest BCUT2D eigenvalue weighted by Gasteiger charge is 2.27. The first-order valence-electron chi connectivity index (χ1n) is 10.3. The zero-order chi connectivity index (χ0) is 22.9. The van der Waals surface area contributed by atoms with Gasteiger partial charge >= 0.3 is 0 Å². The van der Waals surface area contributed by atoms with Gasteiger partial charge in [-0.2, -0.15) is 5.10 Å². The average Bonchev–Trinajstić information content (AvgIpc) is 3.42. The molecule has 8 nitrogen and oxygen atoms in total. The smallest absolute Gasteiger partial charge is 0.232 e. The minimum Gasteiger partial charge on any atom is -0.309 e. The van der Waals surface area contributed by atoms with Crippen molar-refractivity contribution in [2.75, 3.05) is 16.8 Å². The van der Waals surface area contributed by atoms with Crippen LogP contribution in [0.2, 0.25) is 5.02 Å². The van der Waals surface area contributed by atoms with Gasteiger partial charge in [-0.1, -0.05) is 11.6 Å². The van der Waals surface area contributed by atoms with Gasteiger partial charge in [0.15, 0.2) is 0 Å². The zero-order valence-corrected chi connectivity index (χ0v) is 18.4. The van der Waals surface area contributed by atoms with Crippen molar-refractivity contribution in [2.24, 2.45) is 7.05 Å². The van der Waals surface area contributed by atoms with Gasteiger partial charge in [0.2, 0.25) is 11.9 Å². The number of aryl methyl sites for hydroxylation is 1. The first kappa shape index (κ1) is 21.0. The lowest BCUT2D eigenvalue weighted by molar-refractivity contribution is -0.117. The molecule has 0 unspecified atom stereocenters. The van der Waals surface area contributed by atoms with Gasteiger partial charge in [0.05, 0.1) is 18.3 Å². The molecule has 0 bridgehead atoms. The predicted octanol–water partition coefficient (Wildman–Crippen LogP) is 3.94. The number of hydrogen-bond donors (Lipinski definition) is 1. The fourth-order valence-electron chi connectivity index (χ4n) is 3.78. The molecule has 0 radical (unpaired) electrons. The van der Waals surface area contributed by atoms with Crippen LogP contribution in [0.5, 0.6) is 0 Å². The highest BCUT2D eigenvalue weighted by atomic mass is 35.5. The molecule has 4 heterocycles. The monoisotopic (exact) mass is 463 g/mol. The summed E-state index contributed by atoms with van der Waals surface area (Å²) in [6, 6.07) is 9.65. The minimum atomic E-state index is -0.422. The van der Waals surface area contributed by atoms with Crippen molar-refractivity contribution in [1.82, 2.24) is 24.7 Å². The van der Waals surface area contributed by atoms with Gasteiger partial charge in [-0.25, -0.2) is 19.3 Å². The van der Waals surface area contributed by atoms with Crippen LogP contribution < -0.4 is 10.2 Å². The number of carbonyl (C=O) groups excluding carboxylic acids is 1. The van der Waals surface area contributed by atoms with Crippen molar-refractivity contribution >= 4 is 35.1 Å². The quantitative estimate of drug-likeness (QED) is 0.482. The number of anilines is 3. The van der Waals surface area contributed by atoms with Crippen molar-refractivity contribution in [1.29, 1.82) is 0 Å². The lowest BCUT2D eigenvalue weighted by atomic mass is 10.1. The molecule has 1 amide bonds. The Balaban J connectivity index is 1.36. The summed E-state index contributed by atoms with van der Waals surface area (Å²) in [7, 11) is 1.83. The van der Waals surface area contributed by atoms with E-state index < -0.39 is 5.82 Å². The van der Waals surface area contributed by atoms with Gasteiger partial charge in [0.25, 0.3) is 0 Å². The van der Waals surface area contributed by atoms with Gasteiger partial charge in [0, 0.05) is 42.6 Å². The normalized spacial score (nSPS) is 12.6. The van der Waals surface area contributed by atoms with E-state index in [-0.39, 0.29) is 12.3 Å². The number of pyridine rings is 1. The molecule has 0 saturated carbocycles. The summed E-state index contributed by atoms with van der Waals surface area (Å²) in [6.45, 7) is 0.509. The summed E-state index contributed by atoms with van der Waals surface area (Å²) in [4.78, 5) is 27.9. The molecule has 0 fully saturated rings. The Bertz CT molecular complexity index is 1360. The summed E-state index contributed by atoms with van der Waals surface area (Å²) < 4.78 is 15.2. The molecular formula is C23H19ClFN7O. The van der Waals surface area contributed by atoms with Crippen LogP contribution in [0.4, 0.5) is 22.0 Å². The maximum Gasteiger partial charge on any atom is 0.232 e. The molecular weight excluding hydrogens is 445 g/mol. The number of hydrogen-bond acceptors (Lipinski definition) is 6. The molecule has 0 spiro atoms. The first-order valence-corrected chi connectivity index (χ1v) is 10.7. The Hall–Kier alpha value is -3.85. The van der Waals surface area contributed by atoms with Crippen molar-refractivity contribution in [3.8, 4) is 11.3 Å². The third kappa shape index (κ3) is 4.27. The van der Waals surface area contributed by atoms with Gasteiger partial charge in [0.1, 0.15) is 17.5 Å². The lowest BCUT2D eigenvalue weighted by Crippen LogP contribution is -2.31. The number of benzene rings is 1. The molecule has 5 rings (SSSR count). The number of nitrogens with zero attached hydrogens (tertiary/aromatic N) is 6. The van der Waals surface area contributed by atoms with Gasteiger partial charge < -0.3 is 5.32 Å². The van der Waals surface area contributed by atoms with Gasteiger partial charge in [-0.05, 0) is 47.9 Å². The number of nitrogens with one attached hydrogen (secondary N) is 1. The molecule has 1 N–H and O–H groups in total. The maximum absolute atomic E-state index is 13.6. The van der Waals surface area contributed by atoms with Crippen molar-refractivity contribution in [3.63, 3.8) is 0 Å². The molecule has 3 aromatic heterocycles. The van der Waals surface area contributed by atoms with E-state index >= 15 is 0 Å². The molecule has 4 aromatic rings. The summed E-state index contributed by atoms with van der Waals surface area (Å²) in [5.74, 6) is 1.23. The van der Waals surface area contributed by atoms with Crippen molar-refractivity contribution < 1.29 is 9.18 Å². The van der Waals surface area contributed by atoms with Crippen molar-refractivity contribution in [2.45, 2.75) is 12.8 Å². The number of rotatable bonds is 5. The molecule has 0 atom stereocenters. The summed E-state index contributed by atoms with van der Waals surface area (Å²) in [6.07, 6.45) is 5.73. The molecule has 10 heteroatoms. The van der Waals surface area contributed by atoms with Crippen LogP contribution >= 0.6 is 11.6 Å². The molecule has 1 aliphatic rings. The van der Waals surface area contributed by atoms with Crippen LogP contribution in [0, 0.1) is 5.82 Å². The maximum atomic E-state index is 13.6. The molecule has 33 heavy (non-hydrogen) atoms. The van der Waals surface area contributed by atoms with E-state index in [1.807, 2.05) is 25.2 Å². The van der Waals surface area contributed by atoms with E-state index in [4.69, 9.17) is 11.6 Å². The summed E-state index contributed by atoms with van der Waals surface area (Å²) in [5, 5.41) is 7.62. The average molecular weight is 464 g/mol. The number of carbonyl (C=O) groups is 1. The second-order valence-corrected chi connectivity index (χ2v) is 8.05. The van der Waals surface area contributed by atoms with Crippen molar-refractivity contribution in [3.05, 3.63) is 77.0 Å². The zero-order valence-electron chi connectivity index (χ0n) is 17.7. The Labute approximate surface area is 194 Å². The van der Waals surface area contributed by atoms with Crippen LogP contribution in [-0.2, 0) is 24.7 Å². The van der Waals surface area contributed by atoms with Crippen LogP contribution in [-0.4, -0.2) is 37.2 Å². The highest BCUT2D eigenvalue weighted by molar-refractivity contribution is 6.31. The van der Waals surface area contributed by atoms with Crippen LogP contribution in [0.15, 0.2) is 55.0 Å². The number of amides is 1. The number of aromatic nitrogens is 5. The molecule has 1 aromatic carbocycles. The fourth-order valence-corrected chi connectivity index (χ4v) is 3.96. The predicted molar refractivity (Wildman–Crippen MR) is 123 cm³/mol. The van der Waals surface area contributed by atoms with Crippen LogP contribution in [0.3, 0.4) is 0 Å². The molecule has 1 aliphatic heterocycles. The Kier molecular flexibility index (Phi) is 5.47. The van der Waals surface area contributed by atoms with Gasteiger partial charge in [-0.3, -0.25) is 14.4 Å². The van der Waals surface area contributed by atoms with E-state index in [0.717, 1.165) is 16.9 Å². The molecule has 0 aliphatic carbocycles. The molecule has 166 valence electrons. The second-order valence-electron chi connectivity index (χ2n) is 7.65. The number of fused-ring (bicyclic) bond motifs is 1. The largest absolute Gasteiger partial charge is 0.309 e. The standard InChI is InChI=1S/C23H19ClFN7O/c1-31-20(5-8-28-31)30-23-26-7-4-19(29-23)16-10-14-6-9-32(22(14)27-13-16)21(33)12-15-11-17(25)2-3-18(15)24/h2-5,7-8,10-11,13H,6,9,12H2,1H3,(H,26,29,30). The minimum absolute atomic E-state index is 0.00835. The Morgan fingerprint density at radius 2 is 2.06 bits per heavy atom. The van der Waals surface area contributed by atoms with E-state index in [9.17, 15) is 9.18 Å². The summed E-state index contributed by atoms with van der Waals surface area (Å²) in [5.41, 5.74) is 2.94. The Morgan fingerprint density at radius 1 is 1.18 bits per heavy atom. The Morgan fingerprint density at radius 3 is 2.88 bits per heavy atom. The van der Waals surface area contributed by atoms with E-state index in [0.29, 0.717) is 41.0 Å². The summed E-state index contributed by atoms with van der Waals surface area (Å²) >= 11 is 6.13. The second kappa shape index (κ2) is 8.59. The lowest BCUT2D eigenvalue weighted by Gasteiger charge is -2.17. The first-order chi connectivity index (χ1) is 16.0. The molecule has 0 saturated heterocycles. The van der Waals surface area contributed by atoms with E-state index in [1.54, 1.807) is 28.2 Å². The van der Waals surface area contributed by atoms with E-state index in [2.05, 4.69) is 25.4 Å². The van der Waals surface area contributed by atoms with Crippen LogP contribution in [0.1, 0.15) is 11.1 Å². The van der Waals surface area contributed by atoms with Crippen LogP contribution in [0.25, 0.3) is 11.3 Å². The van der Waals surface area contributed by atoms with Gasteiger partial charge in [-0.15, -0.1) is 0 Å². The van der Waals surface area contributed by atoms with E-state index in [1.165, 1.54) is 18.2 Å². The third-order valence-electron chi connectivity index (χ3n) is 5.47.